The first-order valence-corrected chi connectivity index (χ1v) is 8.62. The lowest BCUT2D eigenvalue weighted by Crippen LogP contribution is -2.33. The van der Waals surface area contributed by atoms with Crippen molar-refractivity contribution < 1.29 is 4.79 Å². The van der Waals surface area contributed by atoms with E-state index in [-0.39, 0.29) is 5.91 Å². The van der Waals surface area contributed by atoms with Crippen molar-refractivity contribution in [3.63, 3.8) is 0 Å². The van der Waals surface area contributed by atoms with Crippen LogP contribution in [0.4, 0.5) is 0 Å². The summed E-state index contributed by atoms with van der Waals surface area (Å²) >= 11 is 0. The maximum Gasteiger partial charge on any atom is 0.270 e. The highest BCUT2D eigenvalue weighted by molar-refractivity contribution is 5.99. The lowest BCUT2D eigenvalue weighted by molar-refractivity contribution is 0.0771. The predicted octanol–water partition coefficient (Wildman–Crippen LogP) is 4.66. The molecule has 1 aromatic heterocycles. The minimum Gasteiger partial charge on any atom is -0.351 e. The van der Waals surface area contributed by atoms with Crippen LogP contribution in [0.15, 0.2) is 61.2 Å². The van der Waals surface area contributed by atoms with E-state index in [9.17, 15) is 4.79 Å². The molecule has 0 aliphatic rings. The van der Waals surface area contributed by atoms with E-state index in [1.807, 2.05) is 29.2 Å². The van der Waals surface area contributed by atoms with Gasteiger partial charge in [0.05, 0.1) is 0 Å². The van der Waals surface area contributed by atoms with Crippen LogP contribution >= 0.6 is 0 Å². The van der Waals surface area contributed by atoms with E-state index >= 15 is 0 Å². The van der Waals surface area contributed by atoms with Gasteiger partial charge in [0.2, 0.25) is 0 Å². The highest BCUT2D eigenvalue weighted by Crippen LogP contribution is 2.22. The van der Waals surface area contributed by atoms with Gasteiger partial charge in [-0.1, -0.05) is 42.5 Å². The Morgan fingerprint density at radius 2 is 1.92 bits per heavy atom. The van der Waals surface area contributed by atoms with Crippen LogP contribution in [0, 0.1) is 13.8 Å². The summed E-state index contributed by atoms with van der Waals surface area (Å²) in [6, 6.07) is 16.4. The largest absolute Gasteiger partial charge is 0.351 e. The number of nitrogens with one attached hydrogen (secondary N) is 1. The van der Waals surface area contributed by atoms with Gasteiger partial charge in [-0.05, 0) is 49.1 Å². The molecule has 0 fully saturated rings. The molecule has 1 heterocycles. The van der Waals surface area contributed by atoms with Crippen LogP contribution in [0.5, 0.6) is 0 Å². The van der Waals surface area contributed by atoms with Crippen LogP contribution in [-0.4, -0.2) is 28.9 Å². The second kappa shape index (κ2) is 7.39. The van der Waals surface area contributed by atoms with Gasteiger partial charge in [-0.3, -0.25) is 4.79 Å². The van der Waals surface area contributed by atoms with E-state index < -0.39 is 0 Å². The third kappa shape index (κ3) is 3.82. The molecular formula is C22H24N2O. The third-order valence-electron chi connectivity index (χ3n) is 4.47. The highest BCUT2D eigenvalue weighted by Gasteiger charge is 2.17. The lowest BCUT2D eigenvalue weighted by atomic mass is 10.1. The van der Waals surface area contributed by atoms with Crippen LogP contribution in [0.2, 0.25) is 0 Å². The number of H-pyrrole nitrogens is 1. The average molecular weight is 332 g/mol. The molecule has 3 rings (SSSR count). The summed E-state index contributed by atoms with van der Waals surface area (Å²) in [4.78, 5) is 18.1. The Labute approximate surface area is 149 Å². The Balaban J connectivity index is 1.82. The van der Waals surface area contributed by atoms with Crippen molar-refractivity contribution in [2.24, 2.45) is 0 Å². The smallest absolute Gasteiger partial charge is 0.270 e. The normalized spacial score (nSPS) is 10.8. The van der Waals surface area contributed by atoms with Crippen LogP contribution in [0.25, 0.3) is 10.9 Å². The molecule has 2 aromatic carbocycles. The highest BCUT2D eigenvalue weighted by atomic mass is 16.2. The van der Waals surface area contributed by atoms with E-state index in [1.54, 1.807) is 6.08 Å². The number of benzene rings is 2. The number of amides is 1. The molecule has 0 spiro atoms. The quantitative estimate of drug-likeness (QED) is 0.655. The van der Waals surface area contributed by atoms with E-state index in [2.05, 4.69) is 49.7 Å². The summed E-state index contributed by atoms with van der Waals surface area (Å²) in [6.45, 7) is 9.15. The first-order valence-electron chi connectivity index (χ1n) is 8.62. The summed E-state index contributed by atoms with van der Waals surface area (Å²) < 4.78 is 0. The number of aryl methyl sites for hydroxylation is 2. The van der Waals surface area contributed by atoms with Gasteiger partial charge < -0.3 is 9.88 Å². The number of aromatic amines is 1. The molecule has 3 nitrogen and oxygen atoms in total. The molecule has 0 atom stereocenters. The minimum absolute atomic E-state index is 0.0177. The summed E-state index contributed by atoms with van der Waals surface area (Å²) in [5, 5.41) is 1.11. The van der Waals surface area contributed by atoms with E-state index in [0.29, 0.717) is 18.8 Å². The maximum absolute atomic E-state index is 13.0. The Kier molecular flexibility index (Phi) is 5.03. The zero-order valence-electron chi connectivity index (χ0n) is 14.9. The van der Waals surface area contributed by atoms with Gasteiger partial charge in [0.1, 0.15) is 5.69 Å². The number of carbonyl (C=O) groups is 1. The van der Waals surface area contributed by atoms with Crippen molar-refractivity contribution >= 4 is 16.8 Å². The van der Waals surface area contributed by atoms with Crippen molar-refractivity contribution in [2.45, 2.75) is 20.3 Å². The molecule has 0 bridgehead atoms. The van der Waals surface area contributed by atoms with Gasteiger partial charge in [-0.25, -0.2) is 0 Å². The number of aromatic nitrogens is 1. The Morgan fingerprint density at radius 1 is 1.16 bits per heavy atom. The summed E-state index contributed by atoms with van der Waals surface area (Å²) in [5.74, 6) is 0.0177. The molecule has 1 N–H and O–H groups in total. The summed E-state index contributed by atoms with van der Waals surface area (Å²) in [6.07, 6.45) is 2.61. The van der Waals surface area contributed by atoms with Crippen LogP contribution in [0.3, 0.4) is 0 Å². The lowest BCUT2D eigenvalue weighted by Gasteiger charge is -2.20. The monoisotopic (exact) mass is 332 g/mol. The Bertz CT molecular complexity index is 893. The fraction of sp³-hybridized carbons (Fsp3) is 0.227. The molecule has 0 unspecified atom stereocenters. The molecular weight excluding hydrogens is 308 g/mol. The second-order valence-corrected chi connectivity index (χ2v) is 6.50. The van der Waals surface area contributed by atoms with Crippen molar-refractivity contribution in [1.29, 1.82) is 0 Å². The number of hydrogen-bond donors (Lipinski definition) is 1. The standard InChI is InChI=1S/C22H24N2O/c1-4-11-24(12-10-18-8-6-5-7-9-18)22(25)21-15-19-17(3)13-16(2)14-20(19)23-21/h4-9,13-15,23H,1,10-12H2,2-3H3. The van der Waals surface area contributed by atoms with Crippen molar-refractivity contribution in [3.05, 3.63) is 83.6 Å². The number of rotatable bonds is 6. The fourth-order valence-electron chi connectivity index (χ4n) is 3.23. The van der Waals surface area contributed by atoms with Gasteiger partial charge in [-0.15, -0.1) is 6.58 Å². The first-order chi connectivity index (χ1) is 12.1. The topological polar surface area (TPSA) is 36.1 Å². The summed E-state index contributed by atoms with van der Waals surface area (Å²) in [5.41, 5.74) is 5.26. The molecule has 0 aliphatic carbocycles. The SMILES string of the molecule is C=CCN(CCc1ccccc1)C(=O)c1cc2c(C)cc(C)cc2[nH]1. The van der Waals surface area contributed by atoms with E-state index in [0.717, 1.165) is 17.3 Å². The summed E-state index contributed by atoms with van der Waals surface area (Å²) in [7, 11) is 0. The van der Waals surface area contributed by atoms with Gasteiger partial charge >= 0.3 is 0 Å². The number of hydrogen-bond acceptors (Lipinski definition) is 1. The molecule has 25 heavy (non-hydrogen) atoms. The second-order valence-electron chi connectivity index (χ2n) is 6.50. The predicted molar refractivity (Wildman–Crippen MR) is 104 cm³/mol. The molecule has 0 saturated carbocycles. The average Bonchev–Trinajstić information content (AvgIpc) is 3.03. The third-order valence-corrected chi connectivity index (χ3v) is 4.47. The number of nitrogens with zero attached hydrogens (tertiary/aromatic N) is 1. The van der Waals surface area contributed by atoms with Crippen LogP contribution in [0.1, 0.15) is 27.2 Å². The number of fused-ring (bicyclic) bond motifs is 1. The van der Waals surface area contributed by atoms with Crippen LogP contribution < -0.4 is 0 Å². The van der Waals surface area contributed by atoms with Crippen molar-refractivity contribution in [2.75, 3.05) is 13.1 Å². The van der Waals surface area contributed by atoms with E-state index in [1.165, 1.54) is 16.7 Å². The zero-order chi connectivity index (χ0) is 17.8. The van der Waals surface area contributed by atoms with Crippen molar-refractivity contribution in [3.8, 4) is 0 Å². The molecule has 3 heteroatoms. The minimum atomic E-state index is 0.0177. The van der Waals surface area contributed by atoms with Gasteiger partial charge in [0.15, 0.2) is 0 Å². The first kappa shape index (κ1) is 17.0. The van der Waals surface area contributed by atoms with Gasteiger partial charge in [0.25, 0.3) is 5.91 Å². The van der Waals surface area contributed by atoms with Crippen LogP contribution in [-0.2, 0) is 6.42 Å². The van der Waals surface area contributed by atoms with Gasteiger partial charge in [0, 0.05) is 24.0 Å². The van der Waals surface area contributed by atoms with Gasteiger partial charge in [-0.2, -0.15) is 0 Å². The Hall–Kier alpha value is -2.81. The molecule has 0 radical (unpaired) electrons. The molecule has 1 amide bonds. The molecule has 0 saturated heterocycles. The molecule has 0 aliphatic heterocycles. The van der Waals surface area contributed by atoms with E-state index in [4.69, 9.17) is 0 Å². The molecule has 3 aromatic rings. The maximum atomic E-state index is 13.0. The fourth-order valence-corrected chi connectivity index (χ4v) is 3.23. The molecule has 128 valence electrons. The Morgan fingerprint density at radius 3 is 2.64 bits per heavy atom. The van der Waals surface area contributed by atoms with Crippen molar-refractivity contribution in [1.82, 2.24) is 9.88 Å². The number of carbonyl (C=O) groups excluding carboxylic acids is 1. The zero-order valence-corrected chi connectivity index (χ0v) is 14.9.